The number of hydrogen-bond acceptors (Lipinski definition) is 6. The van der Waals surface area contributed by atoms with Crippen LogP contribution in [0.4, 0.5) is 0 Å². The molecule has 0 saturated carbocycles. The molecule has 1 aliphatic heterocycles. The van der Waals surface area contributed by atoms with Crippen molar-refractivity contribution in [2.24, 2.45) is 0 Å². The Morgan fingerprint density at radius 3 is 3.06 bits per heavy atom. The van der Waals surface area contributed by atoms with Crippen LogP contribution in [0.3, 0.4) is 0 Å². The topological polar surface area (TPSA) is 84.1 Å². The zero-order valence-corrected chi connectivity index (χ0v) is 9.08. The van der Waals surface area contributed by atoms with Crippen molar-refractivity contribution in [2.45, 2.75) is 18.6 Å². The molecule has 3 heterocycles. The van der Waals surface area contributed by atoms with Crippen LogP contribution in [0.15, 0.2) is 28.9 Å². The first kappa shape index (κ1) is 10.4. The first-order chi connectivity index (χ1) is 8.33. The average Bonchev–Trinajstić information content (AvgIpc) is 2.98. The molecule has 2 atom stereocenters. The average molecular weight is 232 g/mol. The molecule has 0 aromatic carbocycles. The van der Waals surface area contributed by atoms with Crippen LogP contribution in [0.2, 0.25) is 0 Å². The van der Waals surface area contributed by atoms with Crippen molar-refractivity contribution in [1.82, 2.24) is 20.4 Å². The molecule has 17 heavy (non-hydrogen) atoms. The summed E-state index contributed by atoms with van der Waals surface area (Å²) in [6, 6.07) is 5.47. The van der Waals surface area contributed by atoms with E-state index in [2.05, 4.69) is 20.4 Å². The van der Waals surface area contributed by atoms with Gasteiger partial charge in [0.15, 0.2) is 0 Å². The van der Waals surface area contributed by atoms with Crippen molar-refractivity contribution in [1.29, 1.82) is 0 Å². The number of β-amino-alcohol motifs (C(OH)–C–C–N with tert-alkyl or cyclic N) is 1. The zero-order valence-electron chi connectivity index (χ0n) is 9.08. The van der Waals surface area contributed by atoms with Crippen LogP contribution in [0.25, 0.3) is 11.5 Å². The highest BCUT2D eigenvalue weighted by molar-refractivity contribution is 5.47. The second-order valence-electron chi connectivity index (χ2n) is 4.02. The molecule has 3 rings (SSSR count). The lowest BCUT2D eigenvalue weighted by molar-refractivity contribution is 0.191. The molecule has 6 heteroatoms. The van der Waals surface area contributed by atoms with Crippen molar-refractivity contribution >= 4 is 0 Å². The molecular formula is C11H12N4O2. The van der Waals surface area contributed by atoms with Crippen molar-refractivity contribution in [3.8, 4) is 11.5 Å². The van der Waals surface area contributed by atoms with Gasteiger partial charge < -0.3 is 14.9 Å². The summed E-state index contributed by atoms with van der Waals surface area (Å²) in [5.74, 6) is 0.978. The maximum Gasteiger partial charge on any atom is 0.244 e. The number of pyridine rings is 1. The first-order valence-electron chi connectivity index (χ1n) is 5.49. The van der Waals surface area contributed by atoms with Crippen molar-refractivity contribution in [3.63, 3.8) is 0 Å². The quantitative estimate of drug-likeness (QED) is 0.785. The summed E-state index contributed by atoms with van der Waals surface area (Å²) >= 11 is 0. The van der Waals surface area contributed by atoms with Gasteiger partial charge in [0.1, 0.15) is 5.69 Å². The highest BCUT2D eigenvalue weighted by Crippen LogP contribution is 2.23. The lowest BCUT2D eigenvalue weighted by Gasteiger charge is -2.01. The molecule has 1 fully saturated rings. The highest BCUT2D eigenvalue weighted by atomic mass is 16.5. The fourth-order valence-electron chi connectivity index (χ4n) is 1.88. The summed E-state index contributed by atoms with van der Waals surface area (Å²) in [5, 5.41) is 16.4. The van der Waals surface area contributed by atoms with E-state index in [1.165, 1.54) is 0 Å². The Morgan fingerprint density at radius 1 is 1.41 bits per heavy atom. The SMILES string of the molecule is O[C@H]1CN[C@@H](c2nc(-c3ccccn3)no2)C1. The Hall–Kier alpha value is -1.79. The number of rotatable bonds is 2. The second kappa shape index (κ2) is 4.23. The van der Waals surface area contributed by atoms with E-state index < -0.39 is 0 Å². The van der Waals surface area contributed by atoms with E-state index in [1.807, 2.05) is 18.2 Å². The summed E-state index contributed by atoms with van der Waals surface area (Å²) in [5.41, 5.74) is 0.682. The molecular weight excluding hydrogens is 220 g/mol. The maximum absolute atomic E-state index is 9.42. The van der Waals surface area contributed by atoms with Gasteiger partial charge in [-0.3, -0.25) is 4.98 Å². The summed E-state index contributed by atoms with van der Waals surface area (Å²) in [7, 11) is 0. The Labute approximate surface area is 97.7 Å². The predicted octanol–water partition coefficient (Wildman–Crippen LogP) is 0.527. The van der Waals surface area contributed by atoms with E-state index in [9.17, 15) is 5.11 Å². The molecule has 0 aliphatic carbocycles. The van der Waals surface area contributed by atoms with Crippen molar-refractivity contribution < 1.29 is 9.63 Å². The van der Waals surface area contributed by atoms with Crippen molar-refractivity contribution in [3.05, 3.63) is 30.3 Å². The van der Waals surface area contributed by atoms with Gasteiger partial charge in [0, 0.05) is 12.7 Å². The van der Waals surface area contributed by atoms with Crippen molar-refractivity contribution in [2.75, 3.05) is 6.54 Å². The van der Waals surface area contributed by atoms with Gasteiger partial charge in [-0.2, -0.15) is 4.98 Å². The van der Waals surface area contributed by atoms with E-state index in [4.69, 9.17) is 4.52 Å². The Bertz CT molecular complexity index is 499. The largest absolute Gasteiger partial charge is 0.392 e. The number of aliphatic hydroxyl groups is 1. The Balaban J connectivity index is 1.84. The molecule has 2 N–H and O–H groups in total. The molecule has 1 saturated heterocycles. The lowest BCUT2D eigenvalue weighted by atomic mass is 10.2. The minimum Gasteiger partial charge on any atom is -0.392 e. The minimum absolute atomic E-state index is 0.0602. The molecule has 0 bridgehead atoms. The molecule has 0 amide bonds. The smallest absolute Gasteiger partial charge is 0.244 e. The summed E-state index contributed by atoms with van der Waals surface area (Å²) in [4.78, 5) is 8.43. The fourth-order valence-corrected chi connectivity index (χ4v) is 1.88. The van der Waals surface area contributed by atoms with Gasteiger partial charge in [-0.05, 0) is 18.6 Å². The van der Waals surface area contributed by atoms with Crippen LogP contribution >= 0.6 is 0 Å². The van der Waals surface area contributed by atoms with Crippen LogP contribution < -0.4 is 5.32 Å². The van der Waals surface area contributed by atoms with Crippen LogP contribution in [0.1, 0.15) is 18.4 Å². The summed E-state index contributed by atoms with van der Waals surface area (Å²) in [6.45, 7) is 0.561. The summed E-state index contributed by atoms with van der Waals surface area (Å²) in [6.07, 6.45) is 1.94. The number of nitrogens with one attached hydrogen (secondary N) is 1. The van der Waals surface area contributed by atoms with Gasteiger partial charge in [-0.1, -0.05) is 11.2 Å². The van der Waals surface area contributed by atoms with E-state index in [-0.39, 0.29) is 12.1 Å². The van der Waals surface area contributed by atoms with E-state index in [0.29, 0.717) is 30.4 Å². The molecule has 2 aromatic heterocycles. The molecule has 0 radical (unpaired) electrons. The minimum atomic E-state index is -0.342. The molecule has 6 nitrogen and oxygen atoms in total. The van der Waals surface area contributed by atoms with Crippen LogP contribution in [-0.4, -0.2) is 32.9 Å². The molecule has 0 spiro atoms. The van der Waals surface area contributed by atoms with Gasteiger partial charge in [0.25, 0.3) is 0 Å². The van der Waals surface area contributed by atoms with Crippen LogP contribution in [0, 0.1) is 0 Å². The number of aromatic nitrogens is 3. The van der Waals surface area contributed by atoms with Crippen LogP contribution in [0.5, 0.6) is 0 Å². The normalized spacial score (nSPS) is 24.1. The third-order valence-electron chi connectivity index (χ3n) is 2.74. The fraction of sp³-hybridized carbons (Fsp3) is 0.364. The zero-order chi connectivity index (χ0) is 11.7. The molecule has 1 aliphatic rings. The number of aliphatic hydroxyl groups excluding tert-OH is 1. The third-order valence-corrected chi connectivity index (χ3v) is 2.74. The lowest BCUT2D eigenvalue weighted by Crippen LogP contribution is -2.15. The monoisotopic (exact) mass is 232 g/mol. The van der Waals surface area contributed by atoms with E-state index in [1.54, 1.807) is 6.20 Å². The van der Waals surface area contributed by atoms with Gasteiger partial charge in [-0.25, -0.2) is 0 Å². The molecule has 0 unspecified atom stereocenters. The van der Waals surface area contributed by atoms with Gasteiger partial charge in [0.2, 0.25) is 11.7 Å². The van der Waals surface area contributed by atoms with E-state index in [0.717, 1.165) is 0 Å². The standard InChI is InChI=1S/C11H12N4O2/c16-7-5-9(13-6-7)11-14-10(15-17-11)8-3-1-2-4-12-8/h1-4,7,9,13,16H,5-6H2/t7-,9-/m1/s1. The van der Waals surface area contributed by atoms with Crippen LogP contribution in [-0.2, 0) is 0 Å². The molecule has 88 valence electrons. The van der Waals surface area contributed by atoms with E-state index >= 15 is 0 Å². The van der Waals surface area contributed by atoms with Gasteiger partial charge >= 0.3 is 0 Å². The predicted molar refractivity (Wildman–Crippen MR) is 58.9 cm³/mol. The molecule has 2 aromatic rings. The number of nitrogens with zero attached hydrogens (tertiary/aromatic N) is 3. The first-order valence-corrected chi connectivity index (χ1v) is 5.49. The third kappa shape index (κ3) is 2.04. The Morgan fingerprint density at radius 2 is 2.35 bits per heavy atom. The second-order valence-corrected chi connectivity index (χ2v) is 4.02. The Kier molecular flexibility index (Phi) is 2.58. The maximum atomic E-state index is 9.42. The van der Waals surface area contributed by atoms with Gasteiger partial charge in [0.05, 0.1) is 12.1 Å². The summed E-state index contributed by atoms with van der Waals surface area (Å²) < 4.78 is 5.18. The number of hydrogen-bond donors (Lipinski definition) is 2. The van der Waals surface area contributed by atoms with Gasteiger partial charge in [-0.15, -0.1) is 0 Å². The highest BCUT2D eigenvalue weighted by Gasteiger charge is 2.28.